The predicted molar refractivity (Wildman–Crippen MR) is 133 cm³/mol. The Morgan fingerprint density at radius 2 is 1.73 bits per heavy atom. The molecule has 1 aromatic heterocycles. The SMILES string of the molecule is CCOC(=O)c1c(-c2cccc3ccccc23)csc1NC(=O)COc1ccc(C)c(C)c1. The highest BCUT2D eigenvalue weighted by Crippen LogP contribution is 2.39. The van der Waals surface area contributed by atoms with Gasteiger partial charge in [-0.15, -0.1) is 11.3 Å². The monoisotopic (exact) mass is 459 g/mol. The summed E-state index contributed by atoms with van der Waals surface area (Å²) >= 11 is 1.30. The molecule has 6 heteroatoms. The zero-order chi connectivity index (χ0) is 23.4. The molecule has 1 amide bonds. The van der Waals surface area contributed by atoms with Gasteiger partial charge in [0.15, 0.2) is 6.61 Å². The number of hydrogen-bond acceptors (Lipinski definition) is 5. The van der Waals surface area contributed by atoms with E-state index >= 15 is 0 Å². The quantitative estimate of drug-likeness (QED) is 0.326. The normalized spacial score (nSPS) is 10.8. The van der Waals surface area contributed by atoms with Crippen LogP contribution in [0.1, 0.15) is 28.4 Å². The molecule has 0 fully saturated rings. The molecule has 1 heterocycles. The molecular weight excluding hydrogens is 434 g/mol. The Bertz CT molecular complexity index is 1320. The zero-order valence-electron chi connectivity index (χ0n) is 18.8. The van der Waals surface area contributed by atoms with Crippen LogP contribution in [0.5, 0.6) is 5.75 Å². The number of anilines is 1. The second kappa shape index (κ2) is 9.88. The molecule has 0 unspecified atom stereocenters. The maximum Gasteiger partial charge on any atom is 0.341 e. The van der Waals surface area contributed by atoms with Crippen molar-refractivity contribution in [3.05, 3.63) is 82.7 Å². The van der Waals surface area contributed by atoms with Crippen molar-refractivity contribution in [1.82, 2.24) is 0 Å². The molecule has 0 aliphatic heterocycles. The fourth-order valence-corrected chi connectivity index (χ4v) is 4.59. The van der Waals surface area contributed by atoms with Gasteiger partial charge in [0.1, 0.15) is 16.3 Å². The molecule has 1 N–H and O–H groups in total. The lowest BCUT2D eigenvalue weighted by molar-refractivity contribution is -0.118. The number of benzene rings is 3. The standard InChI is InChI=1S/C27H25NO4S/c1-4-31-27(30)25-23(22-11-7-9-19-8-5-6-10-21(19)22)16-33-26(25)28-24(29)15-32-20-13-12-17(2)18(3)14-20/h5-14,16H,4,15H2,1-3H3,(H,28,29). The minimum Gasteiger partial charge on any atom is -0.484 e. The summed E-state index contributed by atoms with van der Waals surface area (Å²) in [7, 11) is 0. The number of nitrogens with one attached hydrogen (secondary N) is 1. The summed E-state index contributed by atoms with van der Waals surface area (Å²) in [6.45, 7) is 5.86. The van der Waals surface area contributed by atoms with E-state index in [1.807, 2.05) is 79.9 Å². The summed E-state index contributed by atoms with van der Waals surface area (Å²) in [4.78, 5) is 25.5. The Labute approximate surface area is 197 Å². The van der Waals surface area contributed by atoms with Crippen molar-refractivity contribution >= 4 is 39.0 Å². The summed E-state index contributed by atoms with van der Waals surface area (Å²) in [5, 5.41) is 7.27. The largest absolute Gasteiger partial charge is 0.484 e. The molecule has 0 atom stereocenters. The Kier molecular flexibility index (Phi) is 6.75. The number of fused-ring (bicyclic) bond motifs is 1. The third-order valence-corrected chi connectivity index (χ3v) is 6.35. The number of thiophene rings is 1. The third kappa shape index (κ3) is 4.91. The van der Waals surface area contributed by atoms with Gasteiger partial charge in [-0.1, -0.05) is 48.5 Å². The number of ether oxygens (including phenoxy) is 2. The number of carbonyl (C=O) groups excluding carboxylic acids is 2. The molecular formula is C27H25NO4S. The number of amides is 1. The van der Waals surface area contributed by atoms with Crippen molar-refractivity contribution in [2.24, 2.45) is 0 Å². The summed E-state index contributed by atoms with van der Waals surface area (Å²) in [6, 6.07) is 19.7. The van der Waals surface area contributed by atoms with Crippen LogP contribution in [0.15, 0.2) is 66.0 Å². The van der Waals surface area contributed by atoms with Crippen LogP contribution in [0.25, 0.3) is 21.9 Å². The maximum atomic E-state index is 12.9. The summed E-state index contributed by atoms with van der Waals surface area (Å²) < 4.78 is 11.0. The van der Waals surface area contributed by atoms with Gasteiger partial charge in [0, 0.05) is 10.9 Å². The first kappa shape index (κ1) is 22.6. The molecule has 0 aliphatic carbocycles. The van der Waals surface area contributed by atoms with Crippen LogP contribution in [0.4, 0.5) is 5.00 Å². The van der Waals surface area contributed by atoms with Gasteiger partial charge < -0.3 is 14.8 Å². The minimum atomic E-state index is -0.466. The lowest BCUT2D eigenvalue weighted by Gasteiger charge is -2.11. The van der Waals surface area contributed by atoms with Crippen LogP contribution in [0.3, 0.4) is 0 Å². The Hall–Kier alpha value is -3.64. The highest BCUT2D eigenvalue weighted by Gasteiger charge is 2.24. The van der Waals surface area contributed by atoms with Gasteiger partial charge in [0.25, 0.3) is 5.91 Å². The van der Waals surface area contributed by atoms with Crippen LogP contribution in [-0.2, 0) is 9.53 Å². The third-order valence-electron chi connectivity index (χ3n) is 5.45. The molecule has 0 aliphatic rings. The molecule has 4 aromatic rings. The Morgan fingerprint density at radius 1 is 0.939 bits per heavy atom. The predicted octanol–water partition coefficient (Wildman–Crippen LogP) is 6.38. The van der Waals surface area contributed by atoms with Crippen molar-refractivity contribution in [2.75, 3.05) is 18.5 Å². The lowest BCUT2D eigenvalue weighted by Crippen LogP contribution is -2.21. The van der Waals surface area contributed by atoms with Crippen LogP contribution in [-0.4, -0.2) is 25.1 Å². The first-order chi connectivity index (χ1) is 16.0. The molecule has 0 saturated carbocycles. The topological polar surface area (TPSA) is 64.6 Å². The fraction of sp³-hybridized carbons (Fsp3) is 0.185. The van der Waals surface area contributed by atoms with E-state index in [2.05, 4.69) is 5.32 Å². The first-order valence-electron chi connectivity index (χ1n) is 10.7. The van der Waals surface area contributed by atoms with Crippen LogP contribution in [0.2, 0.25) is 0 Å². The maximum absolute atomic E-state index is 12.9. The summed E-state index contributed by atoms with van der Waals surface area (Å²) in [5.74, 6) is -0.182. The van der Waals surface area contributed by atoms with E-state index in [1.54, 1.807) is 6.92 Å². The zero-order valence-corrected chi connectivity index (χ0v) is 19.6. The molecule has 0 bridgehead atoms. The Balaban J connectivity index is 1.62. The van der Waals surface area contributed by atoms with Crippen molar-refractivity contribution in [2.45, 2.75) is 20.8 Å². The number of hydrogen-bond donors (Lipinski definition) is 1. The number of aryl methyl sites for hydroxylation is 2. The van der Waals surface area contributed by atoms with Gasteiger partial charge in [-0.25, -0.2) is 4.79 Å². The molecule has 33 heavy (non-hydrogen) atoms. The molecule has 168 valence electrons. The molecule has 3 aromatic carbocycles. The highest BCUT2D eigenvalue weighted by atomic mass is 32.1. The van der Waals surface area contributed by atoms with Gasteiger partial charge >= 0.3 is 5.97 Å². The van der Waals surface area contributed by atoms with Crippen LogP contribution < -0.4 is 10.1 Å². The fourth-order valence-electron chi connectivity index (χ4n) is 3.63. The minimum absolute atomic E-state index is 0.160. The second-order valence-electron chi connectivity index (χ2n) is 7.68. The van der Waals surface area contributed by atoms with E-state index in [-0.39, 0.29) is 19.1 Å². The molecule has 0 spiro atoms. The molecule has 4 rings (SSSR count). The average molecular weight is 460 g/mol. The first-order valence-corrected chi connectivity index (χ1v) is 11.6. The van der Waals surface area contributed by atoms with Gasteiger partial charge in [-0.3, -0.25) is 4.79 Å². The van der Waals surface area contributed by atoms with E-state index in [4.69, 9.17) is 9.47 Å². The van der Waals surface area contributed by atoms with Gasteiger partial charge in [-0.2, -0.15) is 0 Å². The second-order valence-corrected chi connectivity index (χ2v) is 8.56. The van der Waals surface area contributed by atoms with Crippen molar-refractivity contribution in [3.8, 4) is 16.9 Å². The van der Waals surface area contributed by atoms with Crippen molar-refractivity contribution in [3.63, 3.8) is 0 Å². The Morgan fingerprint density at radius 3 is 2.52 bits per heavy atom. The van der Waals surface area contributed by atoms with Crippen LogP contribution >= 0.6 is 11.3 Å². The number of esters is 1. The average Bonchev–Trinajstić information content (AvgIpc) is 3.23. The molecule has 0 saturated heterocycles. The van der Waals surface area contributed by atoms with E-state index in [1.165, 1.54) is 11.3 Å². The van der Waals surface area contributed by atoms with Gasteiger partial charge in [0.2, 0.25) is 0 Å². The van der Waals surface area contributed by atoms with E-state index < -0.39 is 5.97 Å². The summed E-state index contributed by atoms with van der Waals surface area (Å²) in [6.07, 6.45) is 0. The highest BCUT2D eigenvalue weighted by molar-refractivity contribution is 7.15. The van der Waals surface area contributed by atoms with Gasteiger partial charge in [-0.05, 0) is 60.4 Å². The molecule has 5 nitrogen and oxygen atoms in total. The van der Waals surface area contributed by atoms with Gasteiger partial charge in [0.05, 0.1) is 6.61 Å². The van der Waals surface area contributed by atoms with Crippen molar-refractivity contribution < 1.29 is 19.1 Å². The van der Waals surface area contributed by atoms with E-state index in [9.17, 15) is 9.59 Å². The van der Waals surface area contributed by atoms with Crippen molar-refractivity contribution in [1.29, 1.82) is 0 Å². The van der Waals surface area contributed by atoms with E-state index in [0.29, 0.717) is 16.3 Å². The number of rotatable bonds is 7. The lowest BCUT2D eigenvalue weighted by atomic mass is 9.97. The smallest absolute Gasteiger partial charge is 0.341 e. The van der Waals surface area contributed by atoms with Crippen LogP contribution in [0, 0.1) is 13.8 Å². The number of carbonyl (C=O) groups is 2. The van der Waals surface area contributed by atoms with E-state index in [0.717, 1.165) is 33.0 Å². The summed E-state index contributed by atoms with van der Waals surface area (Å²) in [5.41, 5.74) is 4.26. The molecule has 0 radical (unpaired) electrons.